The van der Waals surface area contributed by atoms with Crippen LogP contribution in [-0.2, 0) is 0 Å². The van der Waals surface area contributed by atoms with E-state index in [1.807, 2.05) is 24.3 Å². The Bertz CT molecular complexity index is 1230. The molecule has 1 aromatic carbocycles. The number of aromatic nitrogens is 4. The molecule has 34 heavy (non-hydrogen) atoms. The van der Waals surface area contributed by atoms with Gasteiger partial charge in [0, 0.05) is 43.9 Å². The van der Waals surface area contributed by atoms with Gasteiger partial charge in [0.1, 0.15) is 11.6 Å². The van der Waals surface area contributed by atoms with Crippen LogP contribution in [-0.4, -0.2) is 50.9 Å². The molecule has 3 N–H and O–H groups in total. The van der Waals surface area contributed by atoms with Crippen LogP contribution in [0, 0.1) is 17.8 Å². The normalized spacial score (nSPS) is 18.2. The molecule has 1 saturated carbocycles. The molecule has 1 atom stereocenters. The number of hydrogen-bond acceptors (Lipinski definition) is 8. The summed E-state index contributed by atoms with van der Waals surface area (Å²) in [4.78, 5) is 13.6. The number of nitrogens with zero attached hydrogens (tertiary/aromatic N) is 6. The number of hydrogen-bond donors (Lipinski definition) is 2. The molecule has 2 fully saturated rings. The van der Waals surface area contributed by atoms with E-state index in [1.54, 1.807) is 18.3 Å². The van der Waals surface area contributed by atoms with Crippen LogP contribution >= 0.6 is 0 Å². The highest BCUT2D eigenvalue weighted by atomic mass is 16.3. The molecule has 1 aliphatic heterocycles. The van der Waals surface area contributed by atoms with Gasteiger partial charge in [0.25, 0.3) is 0 Å². The van der Waals surface area contributed by atoms with Crippen molar-refractivity contribution < 1.29 is 5.11 Å². The number of nitrogens with two attached hydrogens (primary N) is 1. The molecule has 3 heterocycles. The van der Waals surface area contributed by atoms with E-state index in [0.717, 1.165) is 49.9 Å². The fourth-order valence-electron chi connectivity index (χ4n) is 4.27. The van der Waals surface area contributed by atoms with E-state index in [0.29, 0.717) is 28.9 Å². The van der Waals surface area contributed by atoms with Crippen LogP contribution in [0.4, 0.5) is 17.3 Å². The van der Waals surface area contributed by atoms with Crippen molar-refractivity contribution in [1.82, 2.24) is 20.2 Å². The molecule has 8 heteroatoms. The van der Waals surface area contributed by atoms with Crippen molar-refractivity contribution in [3.8, 4) is 28.8 Å². The van der Waals surface area contributed by atoms with E-state index in [9.17, 15) is 5.11 Å². The van der Waals surface area contributed by atoms with Gasteiger partial charge in [-0.15, -0.1) is 10.2 Å². The number of anilines is 3. The van der Waals surface area contributed by atoms with Crippen LogP contribution in [0.2, 0.25) is 0 Å². The Morgan fingerprint density at radius 1 is 1.09 bits per heavy atom. The topological polar surface area (TPSA) is 104 Å². The molecular formula is C26H29N7O. The highest BCUT2D eigenvalue weighted by Gasteiger charge is 2.24. The van der Waals surface area contributed by atoms with Crippen molar-refractivity contribution in [2.75, 3.05) is 35.2 Å². The standard InChI is InChI=1S/C26H29N7O/c1-18-12-14-32(22-17-21(30-31-26(22)27)20-6-2-3-7-23(20)34)15-16-33(18)25-11-13-28-24(29-25)8-4-5-19-9-10-19/h2-3,6-7,11,13,17-19,34H,5,9-10,12,14-16H2,1H3,(H2,27,31). The number of para-hydroxylation sites is 1. The number of phenols is 1. The third-order valence-electron chi connectivity index (χ3n) is 6.50. The Balaban J connectivity index is 1.34. The number of rotatable bonds is 4. The molecule has 0 bridgehead atoms. The lowest BCUT2D eigenvalue weighted by Crippen LogP contribution is -2.35. The van der Waals surface area contributed by atoms with Crippen LogP contribution in [0.25, 0.3) is 11.3 Å². The first-order valence-corrected chi connectivity index (χ1v) is 11.8. The first-order valence-electron chi connectivity index (χ1n) is 11.8. The average Bonchev–Trinajstić information content (AvgIpc) is 3.68. The lowest BCUT2D eigenvalue weighted by Gasteiger charge is -2.28. The van der Waals surface area contributed by atoms with E-state index < -0.39 is 0 Å². The average molecular weight is 456 g/mol. The van der Waals surface area contributed by atoms with Gasteiger partial charge in [-0.3, -0.25) is 0 Å². The van der Waals surface area contributed by atoms with Gasteiger partial charge < -0.3 is 20.6 Å². The Morgan fingerprint density at radius 3 is 2.76 bits per heavy atom. The van der Waals surface area contributed by atoms with E-state index in [2.05, 4.69) is 43.7 Å². The zero-order valence-electron chi connectivity index (χ0n) is 19.4. The minimum absolute atomic E-state index is 0.169. The van der Waals surface area contributed by atoms with Crippen molar-refractivity contribution in [1.29, 1.82) is 0 Å². The number of nitrogen functional groups attached to an aromatic ring is 1. The van der Waals surface area contributed by atoms with E-state index >= 15 is 0 Å². The molecule has 8 nitrogen and oxygen atoms in total. The molecule has 1 unspecified atom stereocenters. The first-order chi connectivity index (χ1) is 16.6. The number of phenolic OH excluding ortho intramolecular Hbond substituents is 1. The SMILES string of the molecule is CC1CCN(c2cc(-c3ccccc3O)nnc2N)CCN1c1ccnc(C#CCC2CC2)n1. The fraction of sp³-hybridized carbons (Fsp3) is 0.385. The van der Waals surface area contributed by atoms with Crippen LogP contribution in [0.3, 0.4) is 0 Å². The minimum atomic E-state index is 0.169. The van der Waals surface area contributed by atoms with Crippen molar-refractivity contribution in [3.63, 3.8) is 0 Å². The lowest BCUT2D eigenvalue weighted by atomic mass is 10.1. The smallest absolute Gasteiger partial charge is 0.206 e. The predicted octanol–water partition coefficient (Wildman–Crippen LogP) is 3.48. The van der Waals surface area contributed by atoms with Gasteiger partial charge in [-0.2, -0.15) is 0 Å². The summed E-state index contributed by atoms with van der Waals surface area (Å²) in [5, 5.41) is 18.6. The van der Waals surface area contributed by atoms with Gasteiger partial charge in [-0.25, -0.2) is 9.97 Å². The molecule has 2 aromatic heterocycles. The van der Waals surface area contributed by atoms with Gasteiger partial charge >= 0.3 is 0 Å². The van der Waals surface area contributed by atoms with Crippen molar-refractivity contribution in [3.05, 3.63) is 48.4 Å². The predicted molar refractivity (Wildman–Crippen MR) is 133 cm³/mol. The molecule has 1 saturated heterocycles. The zero-order valence-corrected chi connectivity index (χ0v) is 19.4. The second-order valence-electron chi connectivity index (χ2n) is 9.02. The van der Waals surface area contributed by atoms with E-state index in [1.165, 1.54) is 12.8 Å². The van der Waals surface area contributed by atoms with Crippen LogP contribution in [0.15, 0.2) is 42.6 Å². The molecule has 0 amide bonds. The summed E-state index contributed by atoms with van der Waals surface area (Å²) in [7, 11) is 0. The molecule has 0 radical (unpaired) electrons. The Hall–Kier alpha value is -3.86. The summed E-state index contributed by atoms with van der Waals surface area (Å²) in [5.41, 5.74) is 8.30. The third-order valence-corrected chi connectivity index (χ3v) is 6.50. The molecule has 174 valence electrons. The maximum absolute atomic E-state index is 10.2. The van der Waals surface area contributed by atoms with Crippen LogP contribution < -0.4 is 15.5 Å². The first kappa shape index (κ1) is 22.0. The maximum atomic E-state index is 10.2. The van der Waals surface area contributed by atoms with Crippen molar-refractivity contribution >= 4 is 17.3 Å². The number of aromatic hydroxyl groups is 1. The Morgan fingerprint density at radius 2 is 1.94 bits per heavy atom. The quantitative estimate of drug-likeness (QED) is 0.576. The monoisotopic (exact) mass is 455 g/mol. The highest BCUT2D eigenvalue weighted by molar-refractivity contribution is 5.74. The molecule has 5 rings (SSSR count). The summed E-state index contributed by atoms with van der Waals surface area (Å²) in [6.45, 7) is 4.58. The summed E-state index contributed by atoms with van der Waals surface area (Å²) in [6, 6.07) is 11.3. The molecule has 3 aromatic rings. The fourth-order valence-corrected chi connectivity index (χ4v) is 4.27. The Kier molecular flexibility index (Phi) is 6.17. The van der Waals surface area contributed by atoms with Crippen molar-refractivity contribution in [2.24, 2.45) is 5.92 Å². The van der Waals surface area contributed by atoms with Gasteiger partial charge in [-0.1, -0.05) is 18.1 Å². The summed E-state index contributed by atoms with van der Waals surface area (Å²) >= 11 is 0. The van der Waals surface area contributed by atoms with Crippen molar-refractivity contribution in [2.45, 2.75) is 38.6 Å². The molecule has 2 aliphatic rings. The maximum Gasteiger partial charge on any atom is 0.206 e. The van der Waals surface area contributed by atoms with Crippen LogP contribution in [0.5, 0.6) is 5.75 Å². The largest absolute Gasteiger partial charge is 0.507 e. The molecular weight excluding hydrogens is 426 g/mol. The summed E-state index contributed by atoms with van der Waals surface area (Å²) < 4.78 is 0. The number of benzene rings is 1. The van der Waals surface area contributed by atoms with Gasteiger partial charge in [0.2, 0.25) is 5.82 Å². The van der Waals surface area contributed by atoms with Gasteiger partial charge in [0.15, 0.2) is 5.82 Å². The van der Waals surface area contributed by atoms with Gasteiger partial charge in [-0.05, 0) is 62.3 Å². The van der Waals surface area contributed by atoms with Crippen LogP contribution in [0.1, 0.15) is 38.4 Å². The third kappa shape index (κ3) is 4.88. The summed E-state index contributed by atoms with van der Waals surface area (Å²) in [6.07, 6.45) is 6.25. The second kappa shape index (κ2) is 9.56. The zero-order chi connectivity index (χ0) is 23.5. The summed E-state index contributed by atoms with van der Waals surface area (Å²) in [5.74, 6) is 9.17. The van der Waals surface area contributed by atoms with E-state index in [-0.39, 0.29) is 5.75 Å². The Labute approximate surface area is 199 Å². The molecule has 0 spiro atoms. The van der Waals surface area contributed by atoms with E-state index in [4.69, 9.17) is 10.7 Å². The second-order valence-corrected chi connectivity index (χ2v) is 9.02. The van der Waals surface area contributed by atoms with Gasteiger partial charge in [0.05, 0.1) is 11.4 Å². The minimum Gasteiger partial charge on any atom is -0.507 e. The lowest BCUT2D eigenvalue weighted by molar-refractivity contribution is 0.477. The highest BCUT2D eigenvalue weighted by Crippen LogP contribution is 2.33. The molecule has 1 aliphatic carbocycles.